The van der Waals surface area contributed by atoms with Crippen molar-refractivity contribution >= 4 is 44.6 Å². The molecule has 7 nitrogen and oxygen atoms in total. The molecule has 1 unspecified atom stereocenters. The summed E-state index contributed by atoms with van der Waals surface area (Å²) in [5, 5.41) is 7.69. The predicted molar refractivity (Wildman–Crippen MR) is 105 cm³/mol. The Hall–Kier alpha value is -2.61. The second kappa shape index (κ2) is 7.56. The van der Waals surface area contributed by atoms with Gasteiger partial charge in [-0.15, -0.1) is 0 Å². The van der Waals surface area contributed by atoms with Gasteiger partial charge in [0.25, 0.3) is 5.91 Å². The number of aromatic nitrogens is 2. The number of ether oxygens (including phenoxy) is 1. The summed E-state index contributed by atoms with van der Waals surface area (Å²) in [4.78, 5) is 24.9. The number of nitrogens with zero attached hydrogens (tertiary/aromatic N) is 2. The van der Waals surface area contributed by atoms with Gasteiger partial charge in [-0.2, -0.15) is 5.10 Å². The van der Waals surface area contributed by atoms with Crippen LogP contribution >= 0.6 is 15.9 Å². The first-order valence-electron chi connectivity index (χ1n) is 8.52. The summed E-state index contributed by atoms with van der Waals surface area (Å²) < 4.78 is 13.5. The van der Waals surface area contributed by atoms with E-state index < -0.39 is 18.0 Å². The maximum Gasteiger partial charge on any atom is 0.375 e. The number of esters is 1. The second-order valence-electron chi connectivity index (χ2n) is 6.49. The van der Waals surface area contributed by atoms with Crippen molar-refractivity contribution in [2.24, 2.45) is 0 Å². The van der Waals surface area contributed by atoms with E-state index in [4.69, 9.17) is 9.15 Å². The SMILES string of the molecule is Cc1c(C(=O)OC(C)C(=O)Nc2ccnn2C(C)C)oc2ccc(Br)cc12. The van der Waals surface area contributed by atoms with Gasteiger partial charge >= 0.3 is 5.97 Å². The molecule has 0 fully saturated rings. The zero-order valence-electron chi connectivity index (χ0n) is 15.4. The normalized spacial score (nSPS) is 12.4. The molecule has 2 heterocycles. The minimum Gasteiger partial charge on any atom is -0.449 e. The van der Waals surface area contributed by atoms with Crippen LogP contribution in [0.5, 0.6) is 0 Å². The van der Waals surface area contributed by atoms with E-state index >= 15 is 0 Å². The van der Waals surface area contributed by atoms with E-state index in [-0.39, 0.29) is 11.8 Å². The van der Waals surface area contributed by atoms with E-state index in [1.165, 1.54) is 6.92 Å². The molecule has 0 radical (unpaired) electrons. The highest BCUT2D eigenvalue weighted by Crippen LogP contribution is 2.28. The number of fused-ring (bicyclic) bond motifs is 1. The van der Waals surface area contributed by atoms with Crippen molar-refractivity contribution in [2.75, 3.05) is 5.32 Å². The standard InChI is InChI=1S/C19H20BrN3O4/c1-10(2)23-16(7-8-21-23)22-18(24)12(4)26-19(25)17-11(3)14-9-13(20)5-6-15(14)27-17/h5-10,12H,1-4H3,(H,22,24). The molecule has 1 N–H and O–H groups in total. The maximum atomic E-state index is 12.5. The molecule has 1 atom stereocenters. The van der Waals surface area contributed by atoms with Gasteiger partial charge in [0.2, 0.25) is 5.76 Å². The molecule has 3 rings (SSSR count). The number of benzene rings is 1. The second-order valence-corrected chi connectivity index (χ2v) is 7.40. The third-order valence-electron chi connectivity index (χ3n) is 4.15. The van der Waals surface area contributed by atoms with Crippen molar-refractivity contribution in [1.82, 2.24) is 9.78 Å². The van der Waals surface area contributed by atoms with Crippen molar-refractivity contribution in [3.63, 3.8) is 0 Å². The van der Waals surface area contributed by atoms with Gasteiger partial charge in [0, 0.05) is 27.5 Å². The molecule has 1 aromatic carbocycles. The monoisotopic (exact) mass is 433 g/mol. The Morgan fingerprint density at radius 1 is 1.26 bits per heavy atom. The van der Waals surface area contributed by atoms with Crippen LogP contribution in [-0.4, -0.2) is 27.8 Å². The topological polar surface area (TPSA) is 86.4 Å². The number of hydrogen-bond donors (Lipinski definition) is 1. The van der Waals surface area contributed by atoms with Gasteiger partial charge in [-0.05, 0) is 45.9 Å². The summed E-state index contributed by atoms with van der Waals surface area (Å²) in [6.45, 7) is 7.20. The average molecular weight is 434 g/mol. The number of carbonyl (C=O) groups excluding carboxylic acids is 2. The molecule has 0 spiro atoms. The Kier molecular flexibility index (Phi) is 5.36. The van der Waals surface area contributed by atoms with Crippen LogP contribution in [0.3, 0.4) is 0 Å². The van der Waals surface area contributed by atoms with Crippen LogP contribution < -0.4 is 5.32 Å². The highest BCUT2D eigenvalue weighted by atomic mass is 79.9. The molecule has 0 bridgehead atoms. The van der Waals surface area contributed by atoms with Crippen LogP contribution in [0.4, 0.5) is 5.82 Å². The summed E-state index contributed by atoms with van der Waals surface area (Å²) in [5.41, 5.74) is 1.25. The Balaban J connectivity index is 1.73. The number of halogens is 1. The van der Waals surface area contributed by atoms with Gasteiger partial charge in [-0.25, -0.2) is 9.48 Å². The third-order valence-corrected chi connectivity index (χ3v) is 4.64. The molecule has 3 aromatic rings. The van der Waals surface area contributed by atoms with Crippen LogP contribution in [0.1, 0.15) is 42.9 Å². The first kappa shape index (κ1) is 19.2. The molecule has 1 amide bonds. The summed E-state index contributed by atoms with van der Waals surface area (Å²) in [6, 6.07) is 7.24. The Labute approximate surface area is 164 Å². The Bertz CT molecular complexity index is 1010. The van der Waals surface area contributed by atoms with Gasteiger partial charge in [-0.3, -0.25) is 4.79 Å². The largest absolute Gasteiger partial charge is 0.449 e. The summed E-state index contributed by atoms with van der Waals surface area (Å²) in [6.07, 6.45) is 0.606. The van der Waals surface area contributed by atoms with Crippen molar-refractivity contribution in [2.45, 2.75) is 39.8 Å². The minimum atomic E-state index is -0.993. The number of aryl methyl sites for hydroxylation is 1. The summed E-state index contributed by atoms with van der Waals surface area (Å²) >= 11 is 3.40. The van der Waals surface area contributed by atoms with Crippen molar-refractivity contribution in [1.29, 1.82) is 0 Å². The fourth-order valence-corrected chi connectivity index (χ4v) is 3.07. The number of rotatable bonds is 5. The van der Waals surface area contributed by atoms with Crippen molar-refractivity contribution < 1.29 is 18.7 Å². The molecular weight excluding hydrogens is 414 g/mol. The number of nitrogens with one attached hydrogen (secondary N) is 1. The summed E-state index contributed by atoms with van der Waals surface area (Å²) in [5.74, 6) is -0.486. The van der Waals surface area contributed by atoms with E-state index in [0.29, 0.717) is 17.0 Å². The zero-order chi connectivity index (χ0) is 19.7. The predicted octanol–water partition coefficient (Wildman–Crippen LogP) is 4.47. The van der Waals surface area contributed by atoms with Crippen LogP contribution in [-0.2, 0) is 9.53 Å². The number of hydrogen-bond acceptors (Lipinski definition) is 5. The molecule has 8 heteroatoms. The highest BCUT2D eigenvalue weighted by molar-refractivity contribution is 9.10. The van der Waals surface area contributed by atoms with E-state index in [0.717, 1.165) is 9.86 Å². The zero-order valence-corrected chi connectivity index (χ0v) is 17.0. The van der Waals surface area contributed by atoms with E-state index in [2.05, 4.69) is 26.3 Å². The number of furan rings is 1. The van der Waals surface area contributed by atoms with Crippen molar-refractivity contribution in [3.8, 4) is 0 Å². The highest BCUT2D eigenvalue weighted by Gasteiger charge is 2.25. The lowest BCUT2D eigenvalue weighted by Gasteiger charge is -2.15. The Morgan fingerprint density at radius 2 is 2.00 bits per heavy atom. The first-order valence-corrected chi connectivity index (χ1v) is 9.31. The molecule has 2 aromatic heterocycles. The van der Waals surface area contributed by atoms with E-state index in [1.807, 2.05) is 26.0 Å². The van der Waals surface area contributed by atoms with Crippen molar-refractivity contribution in [3.05, 3.63) is 46.3 Å². The third kappa shape index (κ3) is 3.90. The number of anilines is 1. The maximum absolute atomic E-state index is 12.5. The minimum absolute atomic E-state index is 0.0886. The lowest BCUT2D eigenvalue weighted by molar-refractivity contribution is -0.123. The number of carbonyl (C=O) groups is 2. The van der Waals surface area contributed by atoms with Gasteiger partial charge in [-0.1, -0.05) is 15.9 Å². The fraction of sp³-hybridized carbons (Fsp3) is 0.316. The quantitative estimate of drug-likeness (QED) is 0.599. The van der Waals surface area contributed by atoms with Crippen LogP contribution in [0, 0.1) is 6.92 Å². The molecule has 0 aliphatic heterocycles. The molecule has 0 aliphatic carbocycles. The fourth-order valence-electron chi connectivity index (χ4n) is 2.71. The number of amides is 1. The van der Waals surface area contributed by atoms with Crippen LogP contribution in [0.2, 0.25) is 0 Å². The molecule has 27 heavy (non-hydrogen) atoms. The molecule has 0 saturated heterocycles. The first-order chi connectivity index (χ1) is 12.8. The van der Waals surface area contributed by atoms with Gasteiger partial charge < -0.3 is 14.5 Å². The molecule has 0 aliphatic rings. The van der Waals surface area contributed by atoms with Gasteiger partial charge in [0.1, 0.15) is 11.4 Å². The molecule has 0 saturated carbocycles. The molecule has 142 valence electrons. The van der Waals surface area contributed by atoms with Gasteiger partial charge in [0.05, 0.1) is 6.20 Å². The lowest BCUT2D eigenvalue weighted by Crippen LogP contribution is -2.31. The van der Waals surface area contributed by atoms with E-state index in [9.17, 15) is 9.59 Å². The van der Waals surface area contributed by atoms with Gasteiger partial charge in [0.15, 0.2) is 6.10 Å². The Morgan fingerprint density at radius 3 is 2.70 bits per heavy atom. The lowest BCUT2D eigenvalue weighted by atomic mass is 10.1. The summed E-state index contributed by atoms with van der Waals surface area (Å²) in [7, 11) is 0. The smallest absolute Gasteiger partial charge is 0.375 e. The van der Waals surface area contributed by atoms with Crippen LogP contribution in [0.25, 0.3) is 11.0 Å². The van der Waals surface area contributed by atoms with E-state index in [1.54, 1.807) is 29.9 Å². The average Bonchev–Trinajstić information content (AvgIpc) is 3.20. The molecular formula is C19H20BrN3O4. The van der Waals surface area contributed by atoms with Crippen LogP contribution in [0.15, 0.2) is 39.4 Å².